The molecule has 1 atom stereocenters. The summed E-state index contributed by atoms with van der Waals surface area (Å²) in [4.78, 5) is 10.9. The van der Waals surface area contributed by atoms with Gasteiger partial charge in [-0.1, -0.05) is 6.58 Å². The van der Waals surface area contributed by atoms with Gasteiger partial charge in [0.25, 0.3) is 0 Å². The van der Waals surface area contributed by atoms with Crippen molar-refractivity contribution in [2.45, 2.75) is 13.0 Å². The molecule has 0 spiro atoms. The molecule has 0 aromatic rings. The van der Waals surface area contributed by atoms with E-state index in [1.807, 2.05) is 7.05 Å². The average Bonchev–Trinajstić information content (AvgIpc) is 2.03. The van der Waals surface area contributed by atoms with E-state index in [2.05, 4.69) is 21.9 Å². The zero-order valence-corrected chi connectivity index (χ0v) is 7.81. The first kappa shape index (κ1) is 11.0. The molecule has 0 heterocycles. The smallest absolute Gasteiger partial charge is 0.327 e. The molecule has 2 N–H and O–H groups in total. The molecule has 0 aromatic carbocycles. The van der Waals surface area contributed by atoms with Crippen LogP contribution < -0.4 is 10.6 Å². The number of esters is 1. The van der Waals surface area contributed by atoms with E-state index in [-0.39, 0.29) is 12.0 Å². The van der Waals surface area contributed by atoms with Gasteiger partial charge in [-0.15, -0.1) is 0 Å². The highest BCUT2D eigenvalue weighted by Gasteiger charge is 2.11. The minimum Gasteiger partial charge on any atom is -0.467 e. The molecule has 0 amide bonds. The molecule has 0 aliphatic carbocycles. The zero-order valence-electron chi connectivity index (χ0n) is 7.81. The molecule has 0 saturated heterocycles. The number of rotatable bonds is 5. The standard InChI is InChI=1S/C8H16N2O2/c1-6(5-9-3)10-7(2)8(11)12-4/h7,9-10H,1,5H2,2-4H3. The summed E-state index contributed by atoms with van der Waals surface area (Å²) >= 11 is 0. The third kappa shape index (κ3) is 3.98. The van der Waals surface area contributed by atoms with Gasteiger partial charge in [-0.05, 0) is 14.0 Å². The minimum atomic E-state index is -0.337. The number of methoxy groups -OCH3 is 1. The Labute approximate surface area is 73.0 Å². The molecule has 0 saturated carbocycles. The molecular formula is C8H16N2O2. The molecule has 0 aliphatic heterocycles. The molecule has 0 aromatic heterocycles. The summed E-state index contributed by atoms with van der Waals surface area (Å²) in [6, 6.07) is -0.337. The van der Waals surface area contributed by atoms with E-state index in [9.17, 15) is 4.79 Å². The van der Waals surface area contributed by atoms with Gasteiger partial charge in [0, 0.05) is 12.2 Å². The van der Waals surface area contributed by atoms with E-state index in [4.69, 9.17) is 0 Å². The van der Waals surface area contributed by atoms with Gasteiger partial charge in [-0.2, -0.15) is 0 Å². The van der Waals surface area contributed by atoms with Crippen LogP contribution in [0.5, 0.6) is 0 Å². The topological polar surface area (TPSA) is 50.4 Å². The summed E-state index contributed by atoms with van der Waals surface area (Å²) in [5.41, 5.74) is 0.774. The minimum absolute atomic E-state index is 0.285. The van der Waals surface area contributed by atoms with Gasteiger partial charge in [0.1, 0.15) is 6.04 Å². The lowest BCUT2D eigenvalue weighted by atomic mass is 10.3. The molecule has 0 rings (SSSR count). The van der Waals surface area contributed by atoms with Gasteiger partial charge in [-0.25, -0.2) is 4.79 Å². The molecule has 0 radical (unpaired) electrons. The van der Waals surface area contributed by atoms with Crippen LogP contribution in [0.15, 0.2) is 12.3 Å². The second-order valence-electron chi connectivity index (χ2n) is 2.52. The Balaban J connectivity index is 3.75. The predicted octanol–water partition coefficient (Wildman–Crippen LogP) is -0.129. The number of ether oxygens (including phenoxy) is 1. The summed E-state index contributed by atoms with van der Waals surface area (Å²) in [5, 5.41) is 5.82. The largest absolute Gasteiger partial charge is 0.467 e. The van der Waals surface area contributed by atoms with Crippen LogP contribution in [0.1, 0.15) is 6.92 Å². The van der Waals surface area contributed by atoms with Crippen molar-refractivity contribution in [3.63, 3.8) is 0 Å². The van der Waals surface area contributed by atoms with Crippen LogP contribution in [-0.4, -0.2) is 32.7 Å². The third-order valence-corrected chi connectivity index (χ3v) is 1.37. The van der Waals surface area contributed by atoms with E-state index in [0.717, 1.165) is 5.70 Å². The van der Waals surface area contributed by atoms with Crippen LogP contribution in [0, 0.1) is 0 Å². The molecule has 70 valence electrons. The van der Waals surface area contributed by atoms with E-state index >= 15 is 0 Å². The highest BCUT2D eigenvalue weighted by Crippen LogP contribution is 1.90. The first-order valence-corrected chi connectivity index (χ1v) is 3.78. The summed E-state index contributed by atoms with van der Waals surface area (Å²) in [7, 11) is 3.18. The van der Waals surface area contributed by atoms with Crippen LogP contribution in [-0.2, 0) is 9.53 Å². The van der Waals surface area contributed by atoms with Crippen LogP contribution in [0.3, 0.4) is 0 Å². The quantitative estimate of drug-likeness (QED) is 0.567. The molecule has 0 bridgehead atoms. The SMILES string of the molecule is C=C(CNC)NC(C)C(=O)OC. The Kier molecular flexibility index (Phi) is 5.12. The highest BCUT2D eigenvalue weighted by atomic mass is 16.5. The summed E-state index contributed by atoms with van der Waals surface area (Å²) < 4.78 is 4.53. The number of nitrogens with one attached hydrogen (secondary N) is 2. The summed E-state index contributed by atoms with van der Waals surface area (Å²) in [5.74, 6) is -0.285. The van der Waals surface area contributed by atoms with E-state index in [1.165, 1.54) is 7.11 Å². The summed E-state index contributed by atoms with van der Waals surface area (Å²) in [6.07, 6.45) is 0. The van der Waals surface area contributed by atoms with E-state index < -0.39 is 0 Å². The van der Waals surface area contributed by atoms with Crippen LogP contribution >= 0.6 is 0 Å². The molecule has 1 unspecified atom stereocenters. The Hall–Kier alpha value is -1.03. The van der Waals surface area contributed by atoms with Crippen molar-refractivity contribution in [3.05, 3.63) is 12.3 Å². The van der Waals surface area contributed by atoms with Gasteiger partial charge in [0.15, 0.2) is 0 Å². The Morgan fingerprint density at radius 2 is 2.25 bits per heavy atom. The van der Waals surface area contributed by atoms with Crippen molar-refractivity contribution in [2.75, 3.05) is 20.7 Å². The number of hydrogen-bond donors (Lipinski definition) is 2. The van der Waals surface area contributed by atoms with Gasteiger partial charge in [0.2, 0.25) is 0 Å². The number of hydrogen-bond acceptors (Lipinski definition) is 4. The number of carbonyl (C=O) groups is 1. The maximum atomic E-state index is 10.9. The maximum Gasteiger partial charge on any atom is 0.327 e. The zero-order chi connectivity index (χ0) is 9.56. The molecule has 0 aliphatic rings. The normalized spacial score (nSPS) is 11.9. The Morgan fingerprint density at radius 1 is 1.67 bits per heavy atom. The molecular weight excluding hydrogens is 156 g/mol. The van der Waals surface area contributed by atoms with E-state index in [0.29, 0.717) is 6.54 Å². The fraction of sp³-hybridized carbons (Fsp3) is 0.625. The Morgan fingerprint density at radius 3 is 2.67 bits per heavy atom. The maximum absolute atomic E-state index is 10.9. The van der Waals surface area contributed by atoms with Gasteiger partial charge >= 0.3 is 5.97 Å². The molecule has 12 heavy (non-hydrogen) atoms. The summed E-state index contributed by atoms with van der Waals surface area (Å²) in [6.45, 7) is 6.09. The molecule has 0 fully saturated rings. The first-order valence-electron chi connectivity index (χ1n) is 3.78. The third-order valence-electron chi connectivity index (χ3n) is 1.37. The Bertz CT molecular complexity index is 168. The van der Waals surface area contributed by atoms with Crippen molar-refractivity contribution >= 4 is 5.97 Å². The second-order valence-corrected chi connectivity index (χ2v) is 2.52. The lowest BCUT2D eigenvalue weighted by molar-refractivity contribution is -0.142. The van der Waals surface area contributed by atoms with Gasteiger partial charge in [0.05, 0.1) is 7.11 Å². The fourth-order valence-electron chi connectivity index (χ4n) is 0.806. The van der Waals surface area contributed by atoms with Gasteiger partial charge < -0.3 is 15.4 Å². The van der Waals surface area contributed by atoms with Crippen LogP contribution in [0.2, 0.25) is 0 Å². The average molecular weight is 172 g/mol. The molecule has 4 nitrogen and oxygen atoms in total. The fourth-order valence-corrected chi connectivity index (χ4v) is 0.806. The predicted molar refractivity (Wildman–Crippen MR) is 47.7 cm³/mol. The van der Waals surface area contributed by atoms with E-state index in [1.54, 1.807) is 6.92 Å². The second kappa shape index (κ2) is 5.60. The van der Waals surface area contributed by atoms with Gasteiger partial charge in [-0.3, -0.25) is 0 Å². The highest BCUT2D eigenvalue weighted by molar-refractivity contribution is 5.75. The van der Waals surface area contributed by atoms with Crippen LogP contribution in [0.4, 0.5) is 0 Å². The lowest BCUT2D eigenvalue weighted by Crippen LogP contribution is -2.36. The van der Waals surface area contributed by atoms with Crippen molar-refractivity contribution < 1.29 is 9.53 Å². The molecule has 4 heteroatoms. The monoisotopic (exact) mass is 172 g/mol. The van der Waals surface area contributed by atoms with Crippen molar-refractivity contribution in [3.8, 4) is 0 Å². The van der Waals surface area contributed by atoms with Crippen molar-refractivity contribution in [1.82, 2.24) is 10.6 Å². The number of carbonyl (C=O) groups excluding carboxylic acids is 1. The van der Waals surface area contributed by atoms with Crippen molar-refractivity contribution in [2.24, 2.45) is 0 Å². The van der Waals surface area contributed by atoms with Crippen molar-refractivity contribution in [1.29, 1.82) is 0 Å². The first-order chi connectivity index (χ1) is 5.61. The van der Waals surface area contributed by atoms with Crippen LogP contribution in [0.25, 0.3) is 0 Å². The number of likely N-dealkylation sites (N-methyl/N-ethyl adjacent to an activating group) is 1. The lowest BCUT2D eigenvalue weighted by Gasteiger charge is -2.14.